The van der Waals surface area contributed by atoms with E-state index in [1.165, 1.54) is 5.56 Å². The number of nitrogens with two attached hydrogens (primary N) is 1. The lowest BCUT2D eigenvalue weighted by atomic mass is 9.95. The van der Waals surface area contributed by atoms with Gasteiger partial charge in [0.2, 0.25) is 5.91 Å². The van der Waals surface area contributed by atoms with E-state index in [0.29, 0.717) is 24.3 Å². The molecule has 0 spiro atoms. The van der Waals surface area contributed by atoms with Gasteiger partial charge in [-0.25, -0.2) is 0 Å². The lowest BCUT2D eigenvalue weighted by Crippen LogP contribution is -2.41. The standard InChI is InChI=1S/C25H31N3O3/c1-16(23(29)13-8-17-6-9-18(10-7-17)24(26)27)28-25(30)21-12-11-20(14-21)19-4-3-5-22(15-19)31-2/h3-7,9-10,15-16,20-21H,8,11-14H2,1-2H3,(H3,26,27)(H,28,30)/t16-,20+,21+/m0/s1. The fourth-order valence-electron chi connectivity index (χ4n) is 4.16. The summed E-state index contributed by atoms with van der Waals surface area (Å²) in [5.74, 6) is 1.13. The van der Waals surface area contributed by atoms with E-state index >= 15 is 0 Å². The molecule has 31 heavy (non-hydrogen) atoms. The zero-order chi connectivity index (χ0) is 22.4. The number of amides is 1. The molecule has 0 saturated heterocycles. The number of ether oxygens (including phenoxy) is 1. The Bertz CT molecular complexity index is 939. The quantitative estimate of drug-likeness (QED) is 0.425. The summed E-state index contributed by atoms with van der Waals surface area (Å²) < 4.78 is 5.31. The minimum atomic E-state index is -0.500. The van der Waals surface area contributed by atoms with Crippen LogP contribution in [0.2, 0.25) is 0 Å². The van der Waals surface area contributed by atoms with Gasteiger partial charge in [0.15, 0.2) is 5.78 Å². The summed E-state index contributed by atoms with van der Waals surface area (Å²) in [5.41, 5.74) is 8.34. The number of nitrogen functional groups attached to an aromatic ring is 1. The van der Waals surface area contributed by atoms with Crippen molar-refractivity contribution in [1.82, 2.24) is 5.32 Å². The maximum absolute atomic E-state index is 12.7. The van der Waals surface area contributed by atoms with E-state index in [0.717, 1.165) is 30.6 Å². The van der Waals surface area contributed by atoms with Crippen molar-refractivity contribution in [3.63, 3.8) is 0 Å². The minimum absolute atomic E-state index is 0.0198. The third-order valence-electron chi connectivity index (χ3n) is 6.14. The molecule has 0 heterocycles. The zero-order valence-electron chi connectivity index (χ0n) is 18.2. The lowest BCUT2D eigenvalue weighted by Gasteiger charge is -2.17. The Morgan fingerprint density at radius 3 is 2.61 bits per heavy atom. The molecule has 0 bridgehead atoms. The van der Waals surface area contributed by atoms with Crippen molar-refractivity contribution in [1.29, 1.82) is 5.41 Å². The molecule has 2 aromatic carbocycles. The van der Waals surface area contributed by atoms with E-state index in [-0.39, 0.29) is 23.4 Å². The Balaban J connectivity index is 1.47. The van der Waals surface area contributed by atoms with Crippen LogP contribution in [0.15, 0.2) is 48.5 Å². The predicted molar refractivity (Wildman–Crippen MR) is 121 cm³/mol. The number of carbonyl (C=O) groups excluding carboxylic acids is 2. The molecule has 6 heteroatoms. The Hall–Kier alpha value is -3.15. The molecule has 1 aliphatic carbocycles. The van der Waals surface area contributed by atoms with Crippen LogP contribution in [0.5, 0.6) is 5.75 Å². The SMILES string of the molecule is COc1cccc([C@@H]2CC[C@@H](C(=O)N[C@@H](C)C(=O)CCc3ccc(C(=N)N)cc3)C2)c1. The molecule has 0 unspecified atom stereocenters. The largest absolute Gasteiger partial charge is 0.497 e. The maximum atomic E-state index is 12.7. The van der Waals surface area contributed by atoms with Gasteiger partial charge in [0.05, 0.1) is 13.2 Å². The lowest BCUT2D eigenvalue weighted by molar-refractivity contribution is -0.129. The number of hydrogen-bond acceptors (Lipinski definition) is 4. The van der Waals surface area contributed by atoms with Gasteiger partial charge in [-0.05, 0) is 61.8 Å². The number of ketones is 1. The van der Waals surface area contributed by atoms with Gasteiger partial charge in [0.25, 0.3) is 0 Å². The number of hydrogen-bond donors (Lipinski definition) is 3. The van der Waals surface area contributed by atoms with Crippen LogP contribution in [0.25, 0.3) is 0 Å². The van der Waals surface area contributed by atoms with Crippen LogP contribution in [-0.2, 0) is 16.0 Å². The predicted octanol–water partition coefficient (Wildman–Crippen LogP) is 3.57. The third-order valence-corrected chi connectivity index (χ3v) is 6.14. The Morgan fingerprint density at radius 2 is 1.94 bits per heavy atom. The molecule has 164 valence electrons. The second kappa shape index (κ2) is 10.2. The summed E-state index contributed by atoms with van der Waals surface area (Å²) >= 11 is 0. The smallest absolute Gasteiger partial charge is 0.223 e. The molecule has 6 nitrogen and oxygen atoms in total. The molecule has 1 amide bonds. The first-order valence-corrected chi connectivity index (χ1v) is 10.8. The van der Waals surface area contributed by atoms with Gasteiger partial charge in [0.1, 0.15) is 11.6 Å². The van der Waals surface area contributed by atoms with E-state index in [1.807, 2.05) is 30.3 Å². The molecule has 3 rings (SSSR count). The fourth-order valence-corrected chi connectivity index (χ4v) is 4.16. The fraction of sp³-hybridized carbons (Fsp3) is 0.400. The molecule has 1 saturated carbocycles. The highest BCUT2D eigenvalue weighted by atomic mass is 16.5. The number of methoxy groups -OCH3 is 1. The summed E-state index contributed by atoms with van der Waals surface area (Å²) in [6.45, 7) is 1.76. The summed E-state index contributed by atoms with van der Waals surface area (Å²) in [7, 11) is 1.66. The molecule has 2 aromatic rings. The van der Waals surface area contributed by atoms with Gasteiger partial charge in [-0.3, -0.25) is 15.0 Å². The van der Waals surface area contributed by atoms with E-state index in [1.54, 1.807) is 26.2 Å². The highest BCUT2D eigenvalue weighted by Crippen LogP contribution is 2.39. The van der Waals surface area contributed by atoms with Crippen LogP contribution in [0.1, 0.15) is 55.2 Å². The average Bonchev–Trinajstić information content (AvgIpc) is 3.28. The van der Waals surface area contributed by atoms with Crippen molar-refractivity contribution in [2.75, 3.05) is 7.11 Å². The van der Waals surface area contributed by atoms with Crippen molar-refractivity contribution in [2.24, 2.45) is 11.7 Å². The van der Waals surface area contributed by atoms with E-state index in [2.05, 4.69) is 11.4 Å². The number of amidine groups is 1. The van der Waals surface area contributed by atoms with E-state index in [4.69, 9.17) is 15.9 Å². The summed E-state index contributed by atoms with van der Waals surface area (Å²) in [6.07, 6.45) is 3.54. The van der Waals surface area contributed by atoms with Crippen molar-refractivity contribution >= 4 is 17.5 Å². The number of carbonyl (C=O) groups is 2. The minimum Gasteiger partial charge on any atom is -0.497 e. The maximum Gasteiger partial charge on any atom is 0.223 e. The molecule has 0 aliphatic heterocycles. The van der Waals surface area contributed by atoms with Crippen LogP contribution in [0, 0.1) is 11.3 Å². The molecular formula is C25H31N3O3. The van der Waals surface area contributed by atoms with Crippen LogP contribution in [0.4, 0.5) is 0 Å². The molecule has 4 N–H and O–H groups in total. The Kier molecular flexibility index (Phi) is 7.45. The summed E-state index contributed by atoms with van der Waals surface area (Å²) in [5, 5.41) is 10.3. The normalized spacial score (nSPS) is 18.9. The monoisotopic (exact) mass is 421 g/mol. The average molecular weight is 422 g/mol. The molecule has 0 aromatic heterocycles. The molecule has 0 radical (unpaired) electrons. The first-order valence-electron chi connectivity index (χ1n) is 10.8. The van der Waals surface area contributed by atoms with E-state index in [9.17, 15) is 9.59 Å². The number of aryl methyl sites for hydroxylation is 1. The molecule has 3 atom stereocenters. The first kappa shape index (κ1) is 22.5. The highest BCUT2D eigenvalue weighted by Gasteiger charge is 2.32. The summed E-state index contributed by atoms with van der Waals surface area (Å²) in [6, 6.07) is 14.9. The Labute approximate surface area is 183 Å². The van der Waals surface area contributed by atoms with Crippen LogP contribution in [-0.4, -0.2) is 30.7 Å². The highest BCUT2D eigenvalue weighted by molar-refractivity contribution is 5.95. The Morgan fingerprint density at radius 1 is 1.19 bits per heavy atom. The number of benzene rings is 2. The number of Topliss-reactive ketones (excluding diaryl/α,β-unsaturated/α-hetero) is 1. The van der Waals surface area contributed by atoms with Crippen molar-refractivity contribution < 1.29 is 14.3 Å². The molecular weight excluding hydrogens is 390 g/mol. The molecule has 1 aliphatic rings. The molecule has 1 fully saturated rings. The van der Waals surface area contributed by atoms with Crippen LogP contribution < -0.4 is 15.8 Å². The topological polar surface area (TPSA) is 105 Å². The van der Waals surface area contributed by atoms with Gasteiger partial charge in [-0.2, -0.15) is 0 Å². The van der Waals surface area contributed by atoms with Gasteiger partial charge >= 0.3 is 0 Å². The first-order chi connectivity index (χ1) is 14.9. The van der Waals surface area contributed by atoms with Gasteiger partial charge in [0, 0.05) is 17.9 Å². The second-order valence-electron chi connectivity index (χ2n) is 8.29. The van der Waals surface area contributed by atoms with Crippen LogP contribution in [0.3, 0.4) is 0 Å². The third kappa shape index (κ3) is 5.94. The van der Waals surface area contributed by atoms with Crippen molar-refractivity contribution in [3.8, 4) is 5.75 Å². The van der Waals surface area contributed by atoms with E-state index < -0.39 is 6.04 Å². The van der Waals surface area contributed by atoms with Crippen molar-refractivity contribution in [2.45, 2.75) is 51.0 Å². The zero-order valence-corrected chi connectivity index (χ0v) is 18.2. The summed E-state index contributed by atoms with van der Waals surface area (Å²) in [4.78, 5) is 25.2. The van der Waals surface area contributed by atoms with Crippen LogP contribution >= 0.6 is 0 Å². The number of rotatable bonds is 9. The van der Waals surface area contributed by atoms with Gasteiger partial charge in [-0.15, -0.1) is 0 Å². The van der Waals surface area contributed by atoms with Gasteiger partial charge < -0.3 is 15.8 Å². The second-order valence-corrected chi connectivity index (χ2v) is 8.29. The van der Waals surface area contributed by atoms with Crippen molar-refractivity contribution in [3.05, 3.63) is 65.2 Å². The number of nitrogens with one attached hydrogen (secondary N) is 2. The van der Waals surface area contributed by atoms with Gasteiger partial charge in [-0.1, -0.05) is 36.4 Å².